The van der Waals surface area contributed by atoms with Gasteiger partial charge in [0.2, 0.25) is 0 Å². The zero-order valence-corrected chi connectivity index (χ0v) is 11.5. The highest BCUT2D eigenvalue weighted by Gasteiger charge is 2.41. The zero-order valence-electron chi connectivity index (χ0n) is 11.5. The van der Waals surface area contributed by atoms with Gasteiger partial charge in [-0.25, -0.2) is 0 Å². The number of allylic oxidation sites excluding steroid dienone is 3. The molecule has 2 heteroatoms. The Morgan fingerprint density at radius 1 is 1.59 bits per heavy atom. The molecule has 1 rings (SSSR count). The fourth-order valence-electron chi connectivity index (χ4n) is 2.45. The standard InChI is InChI=1S/C15H26O2/c1-11(2)6-5-7-13(4)15(17)9-8-12(3)10-14(15)16/h6,10,13-14,16-17H,5,7-9H2,1-4H3/t13-,14-,15-/m1/s1. The van der Waals surface area contributed by atoms with Gasteiger partial charge >= 0.3 is 0 Å². The van der Waals surface area contributed by atoms with Gasteiger partial charge in [-0.15, -0.1) is 0 Å². The summed E-state index contributed by atoms with van der Waals surface area (Å²) in [5.74, 6) is 0.123. The van der Waals surface area contributed by atoms with Crippen molar-refractivity contribution in [3.05, 3.63) is 23.3 Å². The molecule has 0 amide bonds. The number of hydrogen-bond donors (Lipinski definition) is 2. The molecule has 0 aromatic heterocycles. The first-order chi connectivity index (χ1) is 7.86. The van der Waals surface area contributed by atoms with Gasteiger partial charge in [-0.3, -0.25) is 0 Å². The number of rotatable bonds is 4. The van der Waals surface area contributed by atoms with Crippen LogP contribution in [-0.4, -0.2) is 21.9 Å². The van der Waals surface area contributed by atoms with Crippen LogP contribution in [0.1, 0.15) is 53.4 Å². The maximum Gasteiger partial charge on any atom is 0.101 e. The van der Waals surface area contributed by atoms with Gasteiger partial charge in [-0.05, 0) is 52.4 Å². The Hall–Kier alpha value is -0.600. The fraction of sp³-hybridized carbons (Fsp3) is 0.733. The first-order valence-corrected chi connectivity index (χ1v) is 6.57. The predicted molar refractivity (Wildman–Crippen MR) is 71.8 cm³/mol. The molecular weight excluding hydrogens is 212 g/mol. The van der Waals surface area contributed by atoms with Crippen molar-refractivity contribution in [2.75, 3.05) is 0 Å². The average molecular weight is 238 g/mol. The fourth-order valence-corrected chi connectivity index (χ4v) is 2.45. The van der Waals surface area contributed by atoms with E-state index in [4.69, 9.17) is 0 Å². The Kier molecular flexibility index (Phi) is 4.96. The van der Waals surface area contributed by atoms with Gasteiger partial charge in [-0.1, -0.05) is 30.2 Å². The van der Waals surface area contributed by atoms with Gasteiger partial charge in [0.1, 0.15) is 6.10 Å². The molecule has 0 unspecified atom stereocenters. The second-order valence-corrected chi connectivity index (χ2v) is 5.71. The highest BCUT2D eigenvalue weighted by molar-refractivity contribution is 5.14. The summed E-state index contributed by atoms with van der Waals surface area (Å²) in [6.07, 6.45) is 6.75. The van der Waals surface area contributed by atoms with Crippen LogP contribution in [0.15, 0.2) is 23.3 Å². The van der Waals surface area contributed by atoms with Crippen LogP contribution in [0.25, 0.3) is 0 Å². The highest BCUT2D eigenvalue weighted by Crippen LogP contribution is 2.36. The molecule has 0 saturated heterocycles. The van der Waals surface area contributed by atoms with E-state index in [1.807, 2.05) is 13.8 Å². The molecule has 0 radical (unpaired) electrons. The van der Waals surface area contributed by atoms with E-state index in [9.17, 15) is 10.2 Å². The summed E-state index contributed by atoms with van der Waals surface area (Å²) in [5, 5.41) is 20.6. The van der Waals surface area contributed by atoms with E-state index in [0.717, 1.165) is 19.3 Å². The molecule has 0 heterocycles. The van der Waals surface area contributed by atoms with Gasteiger partial charge in [0.15, 0.2) is 0 Å². The van der Waals surface area contributed by atoms with Crippen LogP contribution in [0.2, 0.25) is 0 Å². The van der Waals surface area contributed by atoms with E-state index >= 15 is 0 Å². The highest BCUT2D eigenvalue weighted by atomic mass is 16.3. The monoisotopic (exact) mass is 238 g/mol. The molecule has 0 aliphatic heterocycles. The largest absolute Gasteiger partial charge is 0.387 e. The van der Waals surface area contributed by atoms with E-state index in [1.54, 1.807) is 6.08 Å². The van der Waals surface area contributed by atoms with Crippen molar-refractivity contribution in [2.45, 2.75) is 65.1 Å². The van der Waals surface area contributed by atoms with Gasteiger partial charge in [0, 0.05) is 0 Å². The number of hydrogen-bond acceptors (Lipinski definition) is 2. The summed E-state index contributed by atoms with van der Waals surface area (Å²) >= 11 is 0. The summed E-state index contributed by atoms with van der Waals surface area (Å²) in [6, 6.07) is 0. The van der Waals surface area contributed by atoms with Crippen molar-refractivity contribution in [3.8, 4) is 0 Å². The van der Waals surface area contributed by atoms with Crippen LogP contribution in [0.3, 0.4) is 0 Å². The van der Waals surface area contributed by atoms with Crippen molar-refractivity contribution >= 4 is 0 Å². The molecule has 2 nitrogen and oxygen atoms in total. The molecule has 98 valence electrons. The molecule has 0 saturated carbocycles. The first-order valence-electron chi connectivity index (χ1n) is 6.57. The zero-order chi connectivity index (χ0) is 13.1. The van der Waals surface area contributed by atoms with Crippen LogP contribution in [0.4, 0.5) is 0 Å². The van der Waals surface area contributed by atoms with E-state index in [0.29, 0.717) is 6.42 Å². The smallest absolute Gasteiger partial charge is 0.101 e. The minimum absolute atomic E-state index is 0.123. The minimum Gasteiger partial charge on any atom is -0.387 e. The Morgan fingerprint density at radius 3 is 2.76 bits per heavy atom. The second-order valence-electron chi connectivity index (χ2n) is 5.71. The van der Waals surface area contributed by atoms with Crippen molar-refractivity contribution in [1.82, 2.24) is 0 Å². The lowest BCUT2D eigenvalue weighted by molar-refractivity contribution is -0.101. The topological polar surface area (TPSA) is 40.5 Å². The predicted octanol–water partition coefficient (Wildman–Crippen LogP) is 3.20. The molecule has 0 fully saturated rings. The molecular formula is C15H26O2. The molecule has 0 bridgehead atoms. The SMILES string of the molecule is CC(C)=CCC[C@@H](C)[C@]1(O)CCC(C)=C[C@H]1O. The molecule has 2 N–H and O–H groups in total. The summed E-state index contributed by atoms with van der Waals surface area (Å²) < 4.78 is 0. The minimum atomic E-state index is -0.936. The summed E-state index contributed by atoms with van der Waals surface area (Å²) in [6.45, 7) is 8.22. The van der Waals surface area contributed by atoms with Gasteiger partial charge < -0.3 is 10.2 Å². The molecule has 3 atom stereocenters. The second kappa shape index (κ2) is 5.83. The van der Waals surface area contributed by atoms with Crippen LogP contribution >= 0.6 is 0 Å². The van der Waals surface area contributed by atoms with Crippen LogP contribution in [-0.2, 0) is 0 Å². The maximum absolute atomic E-state index is 10.6. The molecule has 1 aliphatic rings. The average Bonchev–Trinajstić information content (AvgIpc) is 2.23. The Bertz CT molecular complexity index is 313. The van der Waals surface area contributed by atoms with Crippen LogP contribution in [0.5, 0.6) is 0 Å². The lowest BCUT2D eigenvalue weighted by atomic mass is 9.74. The quantitative estimate of drug-likeness (QED) is 0.738. The van der Waals surface area contributed by atoms with Gasteiger partial charge in [0.05, 0.1) is 5.60 Å². The van der Waals surface area contributed by atoms with E-state index in [1.165, 1.54) is 11.1 Å². The third kappa shape index (κ3) is 3.68. The lowest BCUT2D eigenvalue weighted by Gasteiger charge is -2.40. The van der Waals surface area contributed by atoms with Crippen molar-refractivity contribution in [1.29, 1.82) is 0 Å². The third-order valence-corrected chi connectivity index (χ3v) is 3.88. The first kappa shape index (κ1) is 14.5. The molecule has 0 aromatic rings. The number of aliphatic hydroxyl groups is 2. The normalized spacial score (nSPS) is 30.7. The summed E-state index contributed by atoms with van der Waals surface area (Å²) in [4.78, 5) is 0. The van der Waals surface area contributed by atoms with Crippen molar-refractivity contribution < 1.29 is 10.2 Å². The summed E-state index contributed by atoms with van der Waals surface area (Å²) in [5.41, 5.74) is 1.55. The van der Waals surface area contributed by atoms with E-state index in [-0.39, 0.29) is 5.92 Å². The summed E-state index contributed by atoms with van der Waals surface area (Å²) in [7, 11) is 0. The molecule has 0 spiro atoms. The third-order valence-electron chi connectivity index (χ3n) is 3.88. The maximum atomic E-state index is 10.6. The Balaban J connectivity index is 2.61. The van der Waals surface area contributed by atoms with Gasteiger partial charge in [0.25, 0.3) is 0 Å². The van der Waals surface area contributed by atoms with Crippen LogP contribution in [0, 0.1) is 5.92 Å². The molecule has 0 aromatic carbocycles. The molecule has 17 heavy (non-hydrogen) atoms. The Labute approximate surface area is 105 Å². The van der Waals surface area contributed by atoms with E-state index < -0.39 is 11.7 Å². The van der Waals surface area contributed by atoms with Crippen LogP contribution < -0.4 is 0 Å². The van der Waals surface area contributed by atoms with E-state index in [2.05, 4.69) is 19.9 Å². The van der Waals surface area contributed by atoms with Crippen molar-refractivity contribution in [3.63, 3.8) is 0 Å². The number of aliphatic hydroxyl groups excluding tert-OH is 1. The molecule has 1 aliphatic carbocycles. The van der Waals surface area contributed by atoms with Gasteiger partial charge in [-0.2, -0.15) is 0 Å². The Morgan fingerprint density at radius 2 is 2.24 bits per heavy atom. The lowest BCUT2D eigenvalue weighted by Crippen LogP contribution is -2.48. The van der Waals surface area contributed by atoms with Crippen molar-refractivity contribution in [2.24, 2.45) is 5.92 Å².